The monoisotopic (exact) mass is 449 g/mol. The van der Waals surface area contributed by atoms with Gasteiger partial charge in [0.2, 0.25) is 0 Å². The summed E-state index contributed by atoms with van der Waals surface area (Å²) in [6.07, 6.45) is 6.99. The van der Waals surface area contributed by atoms with E-state index in [0.29, 0.717) is 5.69 Å². The fourth-order valence-corrected chi connectivity index (χ4v) is 4.89. The number of thiophene rings is 1. The van der Waals surface area contributed by atoms with Crippen molar-refractivity contribution in [3.8, 4) is 33.2 Å². The van der Waals surface area contributed by atoms with Crippen LogP contribution in [0.1, 0.15) is 11.8 Å². The van der Waals surface area contributed by atoms with Crippen LogP contribution in [0.25, 0.3) is 60.6 Å². The summed E-state index contributed by atoms with van der Waals surface area (Å²) in [6, 6.07) is 12.2. The molecule has 33 heavy (non-hydrogen) atoms. The molecule has 0 aromatic carbocycles. The molecule has 8 heteroatoms. The van der Waals surface area contributed by atoms with Gasteiger partial charge in [0.25, 0.3) is 0 Å². The van der Waals surface area contributed by atoms with Gasteiger partial charge >= 0.3 is 0 Å². The van der Waals surface area contributed by atoms with E-state index in [1.54, 1.807) is 29.9 Å². The minimum Gasteiger partial charge on any atom is -0.397 e. The van der Waals surface area contributed by atoms with Gasteiger partial charge in [-0.1, -0.05) is 6.58 Å². The zero-order valence-corrected chi connectivity index (χ0v) is 18.6. The van der Waals surface area contributed by atoms with E-state index in [1.165, 1.54) is 0 Å². The first-order valence-electron chi connectivity index (χ1n) is 10.4. The molecular weight excluding hydrogens is 430 g/mol. The molecule has 0 unspecified atom stereocenters. The number of allylic oxidation sites excluding steroid dienone is 1. The van der Waals surface area contributed by atoms with Crippen LogP contribution in [0.15, 0.2) is 67.8 Å². The number of rotatable bonds is 4. The first kappa shape index (κ1) is 19.4. The number of nitrogen functional groups attached to an aromatic ring is 1. The number of aromatic nitrogens is 6. The molecular formula is C25H19N7S. The summed E-state index contributed by atoms with van der Waals surface area (Å²) in [5, 5.41) is 9.68. The summed E-state index contributed by atoms with van der Waals surface area (Å²) < 4.78 is 0. The number of hydrogen-bond acceptors (Lipinski definition) is 6. The van der Waals surface area contributed by atoms with Gasteiger partial charge in [-0.2, -0.15) is 5.10 Å². The van der Waals surface area contributed by atoms with Crippen molar-refractivity contribution in [2.24, 2.45) is 0 Å². The lowest BCUT2D eigenvalue weighted by molar-refractivity contribution is 1.11. The molecule has 6 aromatic heterocycles. The standard InChI is InChI=1S/C25H19N7S/c1-13(2)22-3-4-23(33-22)25-16-9-20(30-18(16)5-6-28-25)24-17-8-19(29-12-21(17)31-32-24)14-7-15(26)11-27-10-14/h3-12,30H,1,26H2,2H3,(H,31,32). The maximum absolute atomic E-state index is 5.91. The number of pyridine rings is 3. The number of nitrogens with zero attached hydrogens (tertiary/aromatic N) is 4. The summed E-state index contributed by atoms with van der Waals surface area (Å²) in [6.45, 7) is 6.07. The molecule has 0 amide bonds. The number of H-pyrrole nitrogens is 2. The first-order chi connectivity index (χ1) is 16.1. The van der Waals surface area contributed by atoms with Crippen LogP contribution in [-0.4, -0.2) is 30.1 Å². The molecule has 6 rings (SSSR count). The van der Waals surface area contributed by atoms with Gasteiger partial charge in [0.05, 0.1) is 39.4 Å². The predicted molar refractivity (Wildman–Crippen MR) is 135 cm³/mol. The third-order valence-electron chi connectivity index (χ3n) is 5.57. The van der Waals surface area contributed by atoms with Crippen molar-refractivity contribution < 1.29 is 0 Å². The smallest absolute Gasteiger partial charge is 0.116 e. The zero-order chi connectivity index (χ0) is 22.5. The minimum absolute atomic E-state index is 0.598. The lowest BCUT2D eigenvalue weighted by Crippen LogP contribution is -1.89. The van der Waals surface area contributed by atoms with E-state index in [2.05, 4.69) is 54.9 Å². The Morgan fingerprint density at radius 3 is 2.67 bits per heavy atom. The topological polar surface area (TPSA) is 109 Å². The molecule has 6 heterocycles. The maximum Gasteiger partial charge on any atom is 0.116 e. The lowest BCUT2D eigenvalue weighted by atomic mass is 10.1. The molecule has 0 radical (unpaired) electrons. The summed E-state index contributed by atoms with van der Waals surface area (Å²) in [5.74, 6) is 0. The molecule has 0 aliphatic rings. The molecule has 0 aliphatic heterocycles. The summed E-state index contributed by atoms with van der Waals surface area (Å²) in [7, 11) is 0. The Morgan fingerprint density at radius 2 is 1.85 bits per heavy atom. The van der Waals surface area contributed by atoms with Gasteiger partial charge in [-0.3, -0.25) is 20.1 Å². The highest BCUT2D eigenvalue weighted by atomic mass is 32.1. The van der Waals surface area contributed by atoms with E-state index in [-0.39, 0.29) is 0 Å². The number of nitrogens with two attached hydrogens (primary N) is 1. The van der Waals surface area contributed by atoms with Gasteiger partial charge in [-0.05, 0) is 48.9 Å². The lowest BCUT2D eigenvalue weighted by Gasteiger charge is -2.02. The normalized spacial score (nSPS) is 11.4. The van der Waals surface area contributed by atoms with Crippen molar-refractivity contribution in [2.45, 2.75) is 6.92 Å². The van der Waals surface area contributed by atoms with Crippen LogP contribution in [0, 0.1) is 0 Å². The van der Waals surface area contributed by atoms with Crippen LogP contribution < -0.4 is 5.73 Å². The summed E-state index contributed by atoms with van der Waals surface area (Å²) in [4.78, 5) is 19.2. The highest BCUT2D eigenvalue weighted by Crippen LogP contribution is 2.37. The minimum atomic E-state index is 0.598. The third-order valence-corrected chi connectivity index (χ3v) is 6.82. The van der Waals surface area contributed by atoms with Gasteiger partial charge in [-0.25, -0.2) is 0 Å². The Balaban J connectivity index is 1.48. The Kier molecular flexibility index (Phi) is 4.34. The van der Waals surface area contributed by atoms with Crippen LogP contribution >= 0.6 is 11.3 Å². The Labute approximate surface area is 193 Å². The van der Waals surface area contributed by atoms with Crippen molar-refractivity contribution in [1.82, 2.24) is 30.1 Å². The van der Waals surface area contributed by atoms with Crippen LogP contribution in [-0.2, 0) is 0 Å². The fraction of sp³-hybridized carbons (Fsp3) is 0.0400. The molecule has 0 saturated carbocycles. The van der Waals surface area contributed by atoms with Crippen LogP contribution in [0.5, 0.6) is 0 Å². The predicted octanol–water partition coefficient (Wildman–Crippen LogP) is 5.91. The molecule has 0 aliphatic carbocycles. The summed E-state index contributed by atoms with van der Waals surface area (Å²) in [5.41, 5.74) is 13.7. The highest BCUT2D eigenvalue weighted by molar-refractivity contribution is 7.16. The molecule has 6 aromatic rings. The van der Waals surface area contributed by atoms with Gasteiger partial charge in [0.1, 0.15) is 5.69 Å². The zero-order valence-electron chi connectivity index (χ0n) is 17.8. The molecule has 4 N–H and O–H groups in total. The molecule has 0 bridgehead atoms. The average molecular weight is 450 g/mol. The van der Waals surface area contributed by atoms with E-state index in [4.69, 9.17) is 5.73 Å². The first-order valence-corrected chi connectivity index (χ1v) is 11.2. The van der Waals surface area contributed by atoms with Gasteiger partial charge in [0, 0.05) is 45.3 Å². The van der Waals surface area contributed by atoms with Crippen LogP contribution in [0.4, 0.5) is 5.69 Å². The van der Waals surface area contributed by atoms with Gasteiger partial charge < -0.3 is 10.7 Å². The maximum atomic E-state index is 5.91. The quantitative estimate of drug-likeness (QED) is 0.310. The second-order valence-electron chi connectivity index (χ2n) is 7.94. The molecule has 0 saturated heterocycles. The van der Waals surface area contributed by atoms with Crippen LogP contribution in [0.3, 0.4) is 0 Å². The highest BCUT2D eigenvalue weighted by Gasteiger charge is 2.16. The van der Waals surface area contributed by atoms with E-state index in [1.807, 2.05) is 31.3 Å². The van der Waals surface area contributed by atoms with Crippen molar-refractivity contribution in [3.63, 3.8) is 0 Å². The Morgan fingerprint density at radius 1 is 0.970 bits per heavy atom. The van der Waals surface area contributed by atoms with Crippen molar-refractivity contribution in [1.29, 1.82) is 0 Å². The number of fused-ring (bicyclic) bond motifs is 2. The van der Waals surface area contributed by atoms with E-state index in [0.717, 1.165) is 65.5 Å². The van der Waals surface area contributed by atoms with Crippen molar-refractivity contribution >= 4 is 44.4 Å². The number of nitrogens with one attached hydrogen (secondary N) is 2. The third kappa shape index (κ3) is 3.28. The van der Waals surface area contributed by atoms with E-state index >= 15 is 0 Å². The largest absolute Gasteiger partial charge is 0.397 e. The van der Waals surface area contributed by atoms with E-state index < -0.39 is 0 Å². The van der Waals surface area contributed by atoms with Gasteiger partial charge in [-0.15, -0.1) is 11.3 Å². The van der Waals surface area contributed by atoms with Crippen molar-refractivity contribution in [2.75, 3.05) is 5.73 Å². The fourth-order valence-electron chi connectivity index (χ4n) is 3.95. The average Bonchev–Trinajstić information content (AvgIpc) is 3.55. The SMILES string of the molecule is C=C(C)c1ccc(-c2nccc3[nH]c(-c4n[nH]c5cnc(-c6cncc(N)c6)cc45)cc23)s1. The van der Waals surface area contributed by atoms with Gasteiger partial charge in [0.15, 0.2) is 0 Å². The Bertz CT molecular complexity index is 1670. The molecule has 0 spiro atoms. The van der Waals surface area contributed by atoms with E-state index in [9.17, 15) is 0 Å². The van der Waals surface area contributed by atoms with Crippen LogP contribution in [0.2, 0.25) is 0 Å². The second-order valence-corrected chi connectivity index (χ2v) is 9.03. The summed E-state index contributed by atoms with van der Waals surface area (Å²) >= 11 is 1.70. The molecule has 160 valence electrons. The molecule has 0 atom stereocenters. The second kappa shape index (κ2) is 7.39. The molecule has 7 nitrogen and oxygen atoms in total. The number of aromatic amines is 2. The number of anilines is 1. The number of hydrogen-bond donors (Lipinski definition) is 3. The van der Waals surface area contributed by atoms with Crippen molar-refractivity contribution in [3.05, 3.63) is 72.6 Å². The Hall–Kier alpha value is -4.30. The molecule has 0 fully saturated rings.